The Kier molecular flexibility index (Phi) is 21.1. The normalized spacial score (nSPS) is 7.83. The molecule has 1 atom stereocenters. The number of rotatable bonds is 2. The van der Waals surface area contributed by atoms with Crippen LogP contribution < -0.4 is 0 Å². The molecule has 0 amide bonds. The highest BCUT2D eigenvalue weighted by molar-refractivity contribution is 8.93. The zero-order valence-electron chi connectivity index (χ0n) is 8.16. The first-order valence-corrected chi connectivity index (χ1v) is 4.26. The predicted octanol–water partition coefficient (Wildman–Crippen LogP) is 1.18. The number of hydrogen-bond donors (Lipinski definition) is 0. The first-order chi connectivity index (χ1) is 5.00. The maximum atomic E-state index is 9.97. The van der Waals surface area contributed by atoms with Crippen molar-refractivity contribution < 1.29 is 9.53 Å². The lowest BCUT2D eigenvalue weighted by Crippen LogP contribution is -2.00. The van der Waals surface area contributed by atoms with Gasteiger partial charge in [0.1, 0.15) is 0 Å². The van der Waals surface area contributed by atoms with Crippen LogP contribution in [-0.4, -0.2) is 44.8 Å². The average Bonchev–Trinajstić information content (AvgIpc) is 1.82. The Bertz CT molecular complexity index is 98.7. The summed E-state index contributed by atoms with van der Waals surface area (Å²) in [5.41, 5.74) is 0. The van der Waals surface area contributed by atoms with Crippen LogP contribution in [0.25, 0.3) is 0 Å². The molecule has 0 aromatic carbocycles. The van der Waals surface area contributed by atoms with Gasteiger partial charge in [0.05, 0.1) is 6.61 Å². The van der Waals surface area contributed by atoms with E-state index < -0.39 is 0 Å². The minimum absolute atomic E-state index is 0. The van der Waals surface area contributed by atoms with Gasteiger partial charge in [-0.3, -0.25) is 4.79 Å². The minimum Gasteiger partial charge on any atom is -0.466 e. The second kappa shape index (κ2) is 13.9. The van der Waals surface area contributed by atoms with Crippen molar-refractivity contribution in [1.29, 1.82) is 0 Å². The summed E-state index contributed by atoms with van der Waals surface area (Å²) in [7, 11) is 8.47. The quantitative estimate of drug-likeness (QED) is 0.551. The molecule has 0 N–H and O–H groups in total. The highest BCUT2D eigenvalue weighted by Crippen LogP contribution is 1.81. The molecule has 0 aliphatic rings. The van der Waals surface area contributed by atoms with Gasteiger partial charge in [0.15, 0.2) is 0 Å². The molecule has 0 fully saturated rings. The van der Waals surface area contributed by atoms with Crippen LogP contribution >= 0.6 is 26.2 Å². The molecule has 5 heteroatoms. The molecule has 12 heavy (non-hydrogen) atoms. The number of carbonyl (C=O) groups is 1. The third kappa shape index (κ3) is 47.9. The Morgan fingerprint density at radius 2 is 1.75 bits per heavy atom. The fourth-order valence-corrected chi connectivity index (χ4v) is 0.321. The number of carbonyl (C=O) groups excluding carboxylic acids is 1. The van der Waals surface area contributed by atoms with E-state index in [1.807, 2.05) is 26.0 Å². The Balaban J connectivity index is -0.000000142. The van der Waals surface area contributed by atoms with Gasteiger partial charge in [0.25, 0.3) is 0 Å². The molecular formula is C7H19BrNO2P. The summed E-state index contributed by atoms with van der Waals surface area (Å²) in [6.07, 6.45) is 0.819. The van der Waals surface area contributed by atoms with Crippen molar-refractivity contribution in [2.45, 2.75) is 6.92 Å². The van der Waals surface area contributed by atoms with Crippen LogP contribution in [0.1, 0.15) is 6.92 Å². The second-order valence-corrected chi connectivity index (χ2v) is 3.05. The van der Waals surface area contributed by atoms with Crippen molar-refractivity contribution in [2.24, 2.45) is 0 Å². The lowest BCUT2D eigenvalue weighted by atomic mass is 10.8. The number of hydrogen-bond acceptors (Lipinski definition) is 3. The molecule has 3 nitrogen and oxygen atoms in total. The van der Waals surface area contributed by atoms with E-state index in [2.05, 4.69) is 14.0 Å². The van der Waals surface area contributed by atoms with Crippen LogP contribution in [0.5, 0.6) is 0 Å². The maximum Gasteiger partial charge on any atom is 0.302 e. The van der Waals surface area contributed by atoms with E-state index in [-0.39, 0.29) is 23.0 Å². The van der Waals surface area contributed by atoms with Crippen molar-refractivity contribution in [1.82, 2.24) is 4.90 Å². The molecule has 76 valence electrons. The Hall–Kier alpha value is 0.340. The minimum atomic E-state index is -0.206. The number of esters is 1. The monoisotopic (exact) mass is 259 g/mol. The van der Waals surface area contributed by atoms with E-state index in [4.69, 9.17) is 0 Å². The summed E-state index contributed by atoms with van der Waals surface area (Å²) >= 11 is 0. The van der Waals surface area contributed by atoms with E-state index in [0.29, 0.717) is 6.61 Å². The van der Waals surface area contributed by atoms with E-state index in [9.17, 15) is 4.79 Å². The highest BCUT2D eigenvalue weighted by Gasteiger charge is 1.85. The largest absolute Gasteiger partial charge is 0.466 e. The van der Waals surface area contributed by atoms with Crippen LogP contribution in [0, 0.1) is 0 Å². The van der Waals surface area contributed by atoms with Crippen LogP contribution in [-0.2, 0) is 9.53 Å². The molecular weight excluding hydrogens is 241 g/mol. The molecule has 0 rings (SSSR count). The smallest absolute Gasteiger partial charge is 0.302 e. The average molecular weight is 260 g/mol. The van der Waals surface area contributed by atoms with Gasteiger partial charge in [-0.25, -0.2) is 0 Å². The fourth-order valence-electron chi connectivity index (χ4n) is 0.203. The summed E-state index contributed by atoms with van der Waals surface area (Å²) in [5, 5.41) is 0. The van der Waals surface area contributed by atoms with Gasteiger partial charge in [-0.2, -0.15) is 0 Å². The Morgan fingerprint density at radius 1 is 1.42 bits per heavy atom. The topological polar surface area (TPSA) is 29.5 Å². The lowest BCUT2D eigenvalue weighted by molar-refractivity contribution is -0.140. The third-order valence-corrected chi connectivity index (χ3v) is 0.659. The van der Waals surface area contributed by atoms with E-state index in [1.54, 1.807) is 0 Å². The van der Waals surface area contributed by atoms with Crippen LogP contribution in [0.15, 0.2) is 0 Å². The van der Waals surface area contributed by atoms with Gasteiger partial charge in [-0.05, 0) is 27.3 Å². The van der Waals surface area contributed by atoms with Gasteiger partial charge in [0, 0.05) is 6.92 Å². The van der Waals surface area contributed by atoms with Crippen LogP contribution in [0.4, 0.5) is 0 Å². The summed E-state index contributed by atoms with van der Waals surface area (Å²) in [6.45, 7) is 1.92. The van der Waals surface area contributed by atoms with Crippen molar-refractivity contribution in [3.8, 4) is 0 Å². The molecule has 0 aliphatic carbocycles. The fraction of sp³-hybridized carbons (Fsp3) is 0.857. The number of halogens is 1. The molecule has 0 bridgehead atoms. The molecule has 0 heterocycles. The van der Waals surface area contributed by atoms with Crippen molar-refractivity contribution >= 4 is 32.2 Å². The van der Waals surface area contributed by atoms with Gasteiger partial charge in [-0.1, -0.05) is 0 Å². The van der Waals surface area contributed by atoms with E-state index in [0.717, 1.165) is 6.16 Å². The standard InChI is InChI=1S/C4H9O2P.C3H9N.BrH/c1-4(5)6-2-3-7;1-4(2)3;/h2-3,7H2,1H3;1-3H3;1H. The SMILES string of the molecule is Br.CC(=O)OCCP.CN(C)C. The summed E-state index contributed by atoms with van der Waals surface area (Å²) in [5.74, 6) is -0.206. The first-order valence-electron chi connectivity index (χ1n) is 3.45. The zero-order chi connectivity index (χ0) is 9.28. The van der Waals surface area contributed by atoms with Crippen molar-refractivity contribution in [2.75, 3.05) is 33.9 Å². The second-order valence-electron chi connectivity index (χ2n) is 2.47. The molecule has 0 saturated heterocycles. The molecule has 0 saturated carbocycles. The van der Waals surface area contributed by atoms with Crippen LogP contribution in [0.3, 0.4) is 0 Å². The molecule has 0 spiro atoms. The van der Waals surface area contributed by atoms with Gasteiger partial charge < -0.3 is 9.64 Å². The lowest BCUT2D eigenvalue weighted by Gasteiger charge is -1.93. The van der Waals surface area contributed by atoms with Gasteiger partial charge in [0.2, 0.25) is 0 Å². The predicted molar refractivity (Wildman–Crippen MR) is 61.1 cm³/mol. The summed E-state index contributed by atoms with van der Waals surface area (Å²) in [6, 6.07) is 0. The molecule has 0 aliphatic heterocycles. The summed E-state index contributed by atoms with van der Waals surface area (Å²) < 4.78 is 4.53. The molecule has 0 aromatic rings. The third-order valence-electron chi connectivity index (χ3n) is 0.423. The van der Waals surface area contributed by atoms with Gasteiger partial charge in [-0.15, -0.1) is 26.2 Å². The van der Waals surface area contributed by atoms with E-state index in [1.165, 1.54) is 6.92 Å². The number of ether oxygens (including phenoxy) is 1. The summed E-state index contributed by atoms with van der Waals surface area (Å²) in [4.78, 5) is 12.0. The van der Waals surface area contributed by atoms with Gasteiger partial charge >= 0.3 is 5.97 Å². The van der Waals surface area contributed by atoms with E-state index >= 15 is 0 Å². The molecule has 0 radical (unpaired) electrons. The van der Waals surface area contributed by atoms with Crippen molar-refractivity contribution in [3.63, 3.8) is 0 Å². The molecule has 1 unspecified atom stereocenters. The van der Waals surface area contributed by atoms with Crippen molar-refractivity contribution in [3.05, 3.63) is 0 Å². The highest BCUT2D eigenvalue weighted by atomic mass is 79.9. The first kappa shape index (κ1) is 18.2. The Morgan fingerprint density at radius 3 is 1.83 bits per heavy atom. The van der Waals surface area contributed by atoms with Crippen LogP contribution in [0.2, 0.25) is 0 Å². The molecule has 0 aromatic heterocycles. The number of nitrogens with zero attached hydrogens (tertiary/aromatic N) is 1. The zero-order valence-corrected chi connectivity index (χ0v) is 11.0. The Labute approximate surface area is 87.8 Å². The maximum absolute atomic E-state index is 9.97.